The number of hydrogen-bond donors (Lipinski definition) is 1. The second kappa shape index (κ2) is 14.7. The smallest absolute Gasteiger partial charge is 0.273 e. The summed E-state index contributed by atoms with van der Waals surface area (Å²) in [6, 6.07) is 37.2. The van der Waals surface area contributed by atoms with E-state index in [-0.39, 0.29) is 22.7 Å². The summed E-state index contributed by atoms with van der Waals surface area (Å²) in [4.78, 5) is 13.6. The van der Waals surface area contributed by atoms with Gasteiger partial charge in [0.25, 0.3) is 15.9 Å². The van der Waals surface area contributed by atoms with E-state index in [9.17, 15) is 13.2 Å². The number of carbonyl (C=O) groups is 1. The topological polar surface area (TPSA) is 97.3 Å². The largest absolute Gasteiger partial charge is 0.493 e. The normalized spacial score (nSPS) is 11.2. The number of methoxy groups -OCH3 is 1. The lowest BCUT2D eigenvalue weighted by Gasteiger charge is -2.26. The summed E-state index contributed by atoms with van der Waals surface area (Å²) in [6.45, 7) is 0.387. The van der Waals surface area contributed by atoms with E-state index >= 15 is 0 Å². The number of nitrogens with zero attached hydrogens (tertiary/aromatic N) is 2. The van der Waals surface area contributed by atoms with Crippen LogP contribution < -0.4 is 19.2 Å². The van der Waals surface area contributed by atoms with Gasteiger partial charge in [-0.15, -0.1) is 0 Å². The van der Waals surface area contributed by atoms with Crippen molar-refractivity contribution in [3.05, 3.63) is 154 Å². The second-order valence-electron chi connectivity index (χ2n) is 9.83. The Bertz CT molecular complexity index is 1890. The van der Waals surface area contributed by atoms with Crippen molar-refractivity contribution in [1.82, 2.24) is 5.43 Å². The highest BCUT2D eigenvalue weighted by molar-refractivity contribution is 9.10. The number of benzene rings is 5. The number of hydrazone groups is 1. The Hall–Kier alpha value is -4.93. The van der Waals surface area contributed by atoms with Crippen LogP contribution in [0.3, 0.4) is 0 Å². The number of carbonyl (C=O) groups excluding carboxylic acids is 1. The molecule has 0 unspecified atom stereocenters. The molecular weight excluding hydrogens is 654 g/mol. The number of nitrogens with one attached hydrogen (secondary N) is 1. The predicted molar refractivity (Wildman–Crippen MR) is 179 cm³/mol. The molecule has 5 rings (SSSR count). The molecule has 0 saturated heterocycles. The van der Waals surface area contributed by atoms with Gasteiger partial charge in [0.2, 0.25) is 0 Å². The first-order valence-electron chi connectivity index (χ1n) is 13.9. The van der Waals surface area contributed by atoms with Gasteiger partial charge in [-0.1, -0.05) is 91.0 Å². The molecule has 0 saturated carbocycles. The molecule has 45 heavy (non-hydrogen) atoms. The van der Waals surface area contributed by atoms with Crippen LogP contribution in [0.4, 0.5) is 5.69 Å². The zero-order valence-electron chi connectivity index (χ0n) is 24.3. The molecule has 1 amide bonds. The van der Waals surface area contributed by atoms with Gasteiger partial charge in [-0.3, -0.25) is 9.10 Å². The molecule has 0 radical (unpaired) electrons. The molecule has 5 aromatic rings. The minimum absolute atomic E-state index is 0.0259. The fourth-order valence-corrected chi connectivity index (χ4v) is 6.63. The molecule has 0 fully saturated rings. The third kappa shape index (κ3) is 7.78. The second-order valence-corrected chi connectivity index (χ2v) is 12.6. The van der Waals surface area contributed by atoms with Crippen LogP contribution in [0.25, 0.3) is 0 Å². The van der Waals surface area contributed by atoms with Gasteiger partial charge in [0.05, 0.1) is 40.5 Å². The van der Waals surface area contributed by atoms with Gasteiger partial charge in [-0.25, -0.2) is 13.8 Å². The SMILES string of the molecule is COc1cc(/C=N\NC(=O)c2ccccc2N(Cc2ccccc2)S(=O)(=O)c2ccccc2)cc(Br)c1OCc1ccccc1. The lowest BCUT2D eigenvalue weighted by molar-refractivity contribution is 0.0955. The Labute approximate surface area is 271 Å². The maximum atomic E-state index is 13.9. The van der Waals surface area contributed by atoms with Crippen LogP contribution in [0.2, 0.25) is 0 Å². The molecule has 5 aromatic carbocycles. The summed E-state index contributed by atoms with van der Waals surface area (Å²) in [5, 5.41) is 4.15. The molecule has 0 bridgehead atoms. The molecule has 10 heteroatoms. The summed E-state index contributed by atoms with van der Waals surface area (Å²) in [6.07, 6.45) is 1.47. The maximum Gasteiger partial charge on any atom is 0.273 e. The maximum absolute atomic E-state index is 13.9. The highest BCUT2D eigenvalue weighted by Crippen LogP contribution is 2.37. The number of para-hydroxylation sites is 1. The Morgan fingerprint density at radius 3 is 2.11 bits per heavy atom. The van der Waals surface area contributed by atoms with Gasteiger partial charge in [0.1, 0.15) is 6.61 Å². The number of rotatable bonds is 12. The molecule has 0 heterocycles. The molecule has 8 nitrogen and oxygen atoms in total. The van der Waals surface area contributed by atoms with Crippen LogP contribution >= 0.6 is 15.9 Å². The average Bonchev–Trinajstić information content (AvgIpc) is 3.07. The van der Waals surface area contributed by atoms with Crippen molar-refractivity contribution in [3.8, 4) is 11.5 Å². The lowest BCUT2D eigenvalue weighted by atomic mass is 10.1. The van der Waals surface area contributed by atoms with Crippen molar-refractivity contribution >= 4 is 43.8 Å². The molecule has 228 valence electrons. The summed E-state index contributed by atoms with van der Waals surface area (Å²) in [7, 11) is -2.48. The number of hydrogen-bond acceptors (Lipinski definition) is 6. The molecule has 0 aliphatic rings. The van der Waals surface area contributed by atoms with Gasteiger partial charge in [-0.2, -0.15) is 5.10 Å². The van der Waals surface area contributed by atoms with E-state index in [1.165, 1.54) is 22.7 Å². The van der Waals surface area contributed by atoms with E-state index in [1.807, 2.05) is 60.7 Å². The van der Waals surface area contributed by atoms with Gasteiger partial charge in [0, 0.05) is 0 Å². The van der Waals surface area contributed by atoms with Crippen molar-refractivity contribution in [2.45, 2.75) is 18.0 Å². The van der Waals surface area contributed by atoms with Crippen molar-refractivity contribution in [2.24, 2.45) is 5.10 Å². The van der Waals surface area contributed by atoms with Crippen LogP contribution in [-0.4, -0.2) is 27.6 Å². The van der Waals surface area contributed by atoms with Gasteiger partial charge in [0.15, 0.2) is 11.5 Å². The first kappa shape index (κ1) is 31.5. The Morgan fingerprint density at radius 1 is 0.844 bits per heavy atom. The zero-order valence-corrected chi connectivity index (χ0v) is 26.7. The fraction of sp³-hybridized carbons (Fsp3) is 0.0857. The Balaban J connectivity index is 1.38. The number of sulfonamides is 1. The quantitative estimate of drug-likeness (QED) is 0.111. The lowest BCUT2D eigenvalue weighted by Crippen LogP contribution is -2.33. The zero-order chi connectivity index (χ0) is 31.6. The Morgan fingerprint density at radius 2 is 1.44 bits per heavy atom. The van der Waals surface area contributed by atoms with Gasteiger partial charge in [-0.05, 0) is 69.0 Å². The molecule has 0 spiro atoms. The number of halogens is 1. The van der Waals surface area contributed by atoms with Gasteiger partial charge < -0.3 is 9.47 Å². The van der Waals surface area contributed by atoms with Crippen molar-refractivity contribution in [3.63, 3.8) is 0 Å². The third-order valence-electron chi connectivity index (χ3n) is 6.78. The van der Waals surface area contributed by atoms with E-state index in [0.717, 1.165) is 11.1 Å². The summed E-state index contributed by atoms with van der Waals surface area (Å²) in [5.74, 6) is 0.452. The monoisotopic (exact) mass is 683 g/mol. The van der Waals surface area contributed by atoms with E-state index in [4.69, 9.17) is 9.47 Å². The highest BCUT2D eigenvalue weighted by atomic mass is 79.9. The summed E-state index contributed by atoms with van der Waals surface area (Å²) in [5.41, 5.74) is 5.32. The molecule has 0 atom stereocenters. The fourth-order valence-electron chi connectivity index (χ4n) is 4.56. The van der Waals surface area contributed by atoms with E-state index in [1.54, 1.807) is 61.7 Å². The molecule has 0 aliphatic carbocycles. The predicted octanol–water partition coefficient (Wildman–Crippen LogP) is 7.20. The first-order chi connectivity index (χ1) is 21.9. The third-order valence-corrected chi connectivity index (χ3v) is 9.14. The molecular formula is C35H30BrN3O5S. The van der Waals surface area contributed by atoms with Crippen LogP contribution in [0.15, 0.2) is 142 Å². The number of anilines is 1. The average molecular weight is 685 g/mol. The van der Waals surface area contributed by atoms with Crippen LogP contribution in [0.5, 0.6) is 11.5 Å². The van der Waals surface area contributed by atoms with Crippen LogP contribution in [0, 0.1) is 0 Å². The minimum atomic E-state index is -4.03. The standard InChI is InChI=1S/C35H30BrN3O5S/c1-43-33-22-28(21-31(36)34(33)44-25-27-15-7-3-8-16-27)23-37-38-35(40)30-19-11-12-20-32(30)39(24-26-13-5-2-6-14-26)45(41,42)29-17-9-4-10-18-29/h2-23H,24-25H2,1H3,(H,38,40)/b37-23-. The molecule has 0 aliphatic heterocycles. The highest BCUT2D eigenvalue weighted by Gasteiger charge is 2.28. The van der Waals surface area contributed by atoms with E-state index in [2.05, 4.69) is 26.5 Å². The van der Waals surface area contributed by atoms with Crippen molar-refractivity contribution in [1.29, 1.82) is 0 Å². The van der Waals surface area contributed by atoms with E-state index < -0.39 is 15.9 Å². The number of ether oxygens (including phenoxy) is 2. The minimum Gasteiger partial charge on any atom is -0.493 e. The summed E-state index contributed by atoms with van der Waals surface area (Å²) < 4.78 is 41.2. The first-order valence-corrected chi connectivity index (χ1v) is 16.2. The van der Waals surface area contributed by atoms with Gasteiger partial charge >= 0.3 is 0 Å². The number of amides is 1. The van der Waals surface area contributed by atoms with Crippen LogP contribution in [0.1, 0.15) is 27.0 Å². The van der Waals surface area contributed by atoms with Crippen molar-refractivity contribution < 1.29 is 22.7 Å². The van der Waals surface area contributed by atoms with Crippen molar-refractivity contribution in [2.75, 3.05) is 11.4 Å². The summed E-state index contributed by atoms with van der Waals surface area (Å²) >= 11 is 3.54. The Kier molecular flexibility index (Phi) is 10.3. The molecule has 0 aromatic heterocycles. The molecule has 1 N–H and O–H groups in total. The van der Waals surface area contributed by atoms with E-state index in [0.29, 0.717) is 28.1 Å². The van der Waals surface area contributed by atoms with Crippen LogP contribution in [-0.2, 0) is 23.2 Å².